The Kier molecular flexibility index (Phi) is 11.3. The lowest BCUT2D eigenvalue weighted by molar-refractivity contribution is -0.192. The van der Waals surface area contributed by atoms with Crippen molar-refractivity contribution in [2.75, 3.05) is 27.2 Å². The van der Waals surface area contributed by atoms with Crippen molar-refractivity contribution in [3.05, 3.63) is 47.5 Å². The first-order valence-electron chi connectivity index (χ1n) is 16.0. The summed E-state index contributed by atoms with van der Waals surface area (Å²) in [5.74, 6) is -3.73. The van der Waals surface area contributed by atoms with E-state index in [2.05, 4.69) is 15.5 Å². The maximum absolute atomic E-state index is 14.7. The van der Waals surface area contributed by atoms with Gasteiger partial charge in [-0.2, -0.15) is 31.6 Å². The number of nitrogens with zero attached hydrogens (tertiary/aromatic N) is 3. The van der Waals surface area contributed by atoms with Crippen LogP contribution in [0.2, 0.25) is 0 Å². The number of furan rings is 1. The maximum Gasteiger partial charge on any atom is 0.490 e. The molecule has 0 radical (unpaired) electrons. The number of hydrogen-bond donors (Lipinski definition) is 3. The molecule has 5 rings (SSSR count). The highest BCUT2D eigenvalue weighted by Crippen LogP contribution is 2.39. The van der Waals surface area contributed by atoms with Crippen LogP contribution in [-0.4, -0.2) is 95.5 Å². The van der Waals surface area contributed by atoms with Gasteiger partial charge in [0.05, 0.1) is 12.1 Å². The zero-order valence-electron chi connectivity index (χ0n) is 28.2. The van der Waals surface area contributed by atoms with Crippen LogP contribution in [0.25, 0.3) is 21.9 Å². The Morgan fingerprint density at radius 3 is 2.10 bits per heavy atom. The predicted molar refractivity (Wildman–Crippen MR) is 171 cm³/mol. The van der Waals surface area contributed by atoms with E-state index >= 15 is 0 Å². The Balaban J connectivity index is 0.000000755. The van der Waals surface area contributed by atoms with E-state index in [0.29, 0.717) is 53.9 Å². The molecule has 278 valence electrons. The second-order valence-corrected chi connectivity index (χ2v) is 13.7. The third-order valence-electron chi connectivity index (χ3n) is 8.83. The first-order chi connectivity index (χ1) is 23.5. The molecule has 2 aliphatic rings. The Bertz CT molecular complexity index is 1800. The highest BCUT2D eigenvalue weighted by Gasteiger charge is 2.48. The van der Waals surface area contributed by atoms with Crippen LogP contribution in [0.4, 0.5) is 30.7 Å². The zero-order valence-corrected chi connectivity index (χ0v) is 28.2. The molecule has 1 aliphatic heterocycles. The molecule has 2 heterocycles. The van der Waals surface area contributed by atoms with Crippen LogP contribution in [-0.2, 0) is 9.59 Å². The molecule has 2 amide bonds. The van der Waals surface area contributed by atoms with E-state index < -0.39 is 53.9 Å². The van der Waals surface area contributed by atoms with Gasteiger partial charge >= 0.3 is 18.3 Å². The first kappa shape index (κ1) is 39.4. The van der Waals surface area contributed by atoms with Gasteiger partial charge in [-0.05, 0) is 83.5 Å². The molecule has 1 aliphatic carbocycles. The number of nitriles is 1. The molecule has 1 aromatic heterocycles. The normalized spacial score (nSPS) is 17.7. The summed E-state index contributed by atoms with van der Waals surface area (Å²) in [6.45, 7) is 3.63. The van der Waals surface area contributed by atoms with Gasteiger partial charge in [-0.3, -0.25) is 14.9 Å². The van der Waals surface area contributed by atoms with Crippen LogP contribution >= 0.6 is 0 Å². The van der Waals surface area contributed by atoms with E-state index in [1.54, 1.807) is 18.2 Å². The van der Waals surface area contributed by atoms with Gasteiger partial charge in [-0.25, -0.2) is 9.18 Å². The molecule has 3 N–H and O–H groups in total. The number of rotatable bonds is 9. The van der Waals surface area contributed by atoms with Crippen LogP contribution < -0.4 is 10.6 Å². The number of carboxylic acids is 1. The smallest absolute Gasteiger partial charge is 0.475 e. The monoisotopic (exact) mass is 729 g/mol. The lowest BCUT2D eigenvalue weighted by atomic mass is 9.96. The van der Waals surface area contributed by atoms with Crippen molar-refractivity contribution in [1.29, 1.82) is 5.26 Å². The van der Waals surface area contributed by atoms with Gasteiger partial charge in [0.25, 0.3) is 5.91 Å². The third kappa shape index (κ3) is 9.88. The fraction of sp³-hybridized carbons (Fsp3) is 0.529. The average molecular weight is 730 g/mol. The Hall–Kier alpha value is -4.43. The van der Waals surface area contributed by atoms with Crippen molar-refractivity contribution in [3.8, 4) is 6.07 Å². The van der Waals surface area contributed by atoms with Crippen molar-refractivity contribution >= 4 is 39.7 Å². The topological polar surface area (TPSA) is 139 Å². The number of aliphatic carboxylic acids is 1. The molecule has 1 saturated carbocycles. The summed E-state index contributed by atoms with van der Waals surface area (Å²) in [6, 6.07) is 7.54. The van der Waals surface area contributed by atoms with Crippen LogP contribution in [0.5, 0.6) is 0 Å². The van der Waals surface area contributed by atoms with E-state index in [4.69, 9.17) is 14.3 Å². The lowest BCUT2D eigenvalue weighted by Gasteiger charge is -2.35. The van der Waals surface area contributed by atoms with Crippen LogP contribution in [0.1, 0.15) is 67.9 Å². The van der Waals surface area contributed by atoms with Gasteiger partial charge in [0.2, 0.25) is 5.91 Å². The van der Waals surface area contributed by atoms with Gasteiger partial charge in [-0.15, -0.1) is 0 Å². The maximum atomic E-state index is 14.7. The molecule has 0 bridgehead atoms. The van der Waals surface area contributed by atoms with E-state index in [1.807, 2.05) is 25.1 Å². The molecule has 3 aromatic rings. The van der Waals surface area contributed by atoms with Crippen LogP contribution in [0.3, 0.4) is 0 Å². The lowest BCUT2D eigenvalue weighted by Crippen LogP contribution is -2.53. The summed E-state index contributed by atoms with van der Waals surface area (Å²) < 4.78 is 95.7. The number of nitrogens with one attached hydrogen (secondary N) is 2. The number of carboxylic acid groups (broad SMARTS) is 1. The van der Waals surface area contributed by atoms with Gasteiger partial charge in [-0.1, -0.05) is 12.1 Å². The largest absolute Gasteiger partial charge is 0.490 e. The van der Waals surface area contributed by atoms with Gasteiger partial charge in [0.1, 0.15) is 28.4 Å². The number of carbonyl (C=O) groups is 3. The molecule has 0 spiro atoms. The Labute approximate surface area is 288 Å². The highest BCUT2D eigenvalue weighted by molar-refractivity contribution is 6.08. The third-order valence-corrected chi connectivity index (χ3v) is 8.83. The predicted octanol–water partition coefficient (Wildman–Crippen LogP) is 6.26. The fourth-order valence-electron chi connectivity index (χ4n) is 5.88. The fourth-order valence-corrected chi connectivity index (χ4v) is 5.88. The minimum atomic E-state index is -5.08. The molecule has 0 unspecified atom stereocenters. The number of carbonyl (C=O) groups excluding carboxylic acids is 2. The molecule has 2 fully saturated rings. The number of halogens is 7. The number of alkyl halides is 7. The minimum absolute atomic E-state index is 0.110. The van der Waals surface area contributed by atoms with E-state index in [1.165, 1.54) is 32.0 Å². The zero-order chi connectivity index (χ0) is 38.1. The van der Waals surface area contributed by atoms with Crippen molar-refractivity contribution in [3.63, 3.8) is 0 Å². The van der Waals surface area contributed by atoms with Crippen LogP contribution in [0, 0.1) is 11.3 Å². The summed E-state index contributed by atoms with van der Waals surface area (Å²) in [7, 11) is 4.05. The van der Waals surface area contributed by atoms with Gasteiger partial charge in [0, 0.05) is 41.9 Å². The van der Waals surface area contributed by atoms with Crippen molar-refractivity contribution < 1.29 is 54.6 Å². The number of likely N-dealkylation sites (tertiary alicyclic amines) is 1. The number of fused-ring (bicyclic) bond motifs is 3. The van der Waals surface area contributed by atoms with Crippen molar-refractivity contribution in [1.82, 2.24) is 20.4 Å². The van der Waals surface area contributed by atoms with Crippen LogP contribution in [0.15, 0.2) is 40.8 Å². The quantitative estimate of drug-likeness (QED) is 0.220. The first-order valence-corrected chi connectivity index (χ1v) is 16.0. The Morgan fingerprint density at radius 1 is 1.00 bits per heavy atom. The average Bonchev–Trinajstić information content (AvgIpc) is 3.71. The summed E-state index contributed by atoms with van der Waals surface area (Å²) >= 11 is 0. The SMILES string of the molecule is CN(C)C1CCN(C(=O)c2ccc3oc4cc([C@H](N[C@@H](CC(C)(C)F)C(=O)NC5(C#N)CC5)C(F)(F)F)ccc4c3c2)CC1.O=C(O)C(F)(F)F. The van der Waals surface area contributed by atoms with Crippen molar-refractivity contribution in [2.24, 2.45) is 0 Å². The summed E-state index contributed by atoms with van der Waals surface area (Å²) in [5.41, 5.74) is -2.25. The number of amides is 2. The summed E-state index contributed by atoms with van der Waals surface area (Å²) in [5, 5.41) is 22.4. The van der Waals surface area contributed by atoms with Gasteiger partial charge in [0.15, 0.2) is 0 Å². The Morgan fingerprint density at radius 2 is 1.61 bits per heavy atom. The molecule has 1 saturated heterocycles. The number of benzene rings is 2. The molecule has 10 nitrogen and oxygen atoms in total. The van der Waals surface area contributed by atoms with E-state index in [0.717, 1.165) is 12.8 Å². The second kappa shape index (κ2) is 14.7. The minimum Gasteiger partial charge on any atom is -0.475 e. The molecule has 51 heavy (non-hydrogen) atoms. The van der Waals surface area contributed by atoms with Gasteiger partial charge < -0.3 is 24.6 Å². The number of piperidine rings is 1. The standard InChI is InChI=1S/C32H37F4N5O3.C2HF3O2/c1-30(2,33)17-24(28(42)39-31(18-37)11-12-31)38-27(32(34,35)36)19-5-7-22-23-15-20(6-8-25(23)44-26(22)16-19)29(43)41-13-9-21(10-14-41)40(3)4;3-2(4,5)1(6)7/h5-8,15-16,21,24,27,38H,9-14,17H2,1-4H3,(H,39,42);(H,6,7)/t24-,27-;/m0./s1. The van der Waals surface area contributed by atoms with E-state index in [9.17, 15) is 45.6 Å². The second-order valence-electron chi connectivity index (χ2n) is 13.7. The highest BCUT2D eigenvalue weighted by atomic mass is 19.4. The molecule has 17 heteroatoms. The molecule has 2 aromatic carbocycles. The van der Waals surface area contributed by atoms with E-state index in [-0.39, 0.29) is 17.1 Å². The summed E-state index contributed by atoms with van der Waals surface area (Å²) in [4.78, 5) is 39.1. The molecular weight excluding hydrogens is 691 g/mol. The molecule has 2 atom stereocenters. The molecular formula is C34H38F7N5O5. The number of hydrogen-bond acceptors (Lipinski definition) is 7. The van der Waals surface area contributed by atoms with Crippen molar-refractivity contribution in [2.45, 2.75) is 87.6 Å². The summed E-state index contributed by atoms with van der Waals surface area (Å²) in [6.07, 6.45) is -7.95.